The molecule has 0 aliphatic carbocycles. The summed E-state index contributed by atoms with van der Waals surface area (Å²) < 4.78 is 4.37. The Balaban J connectivity index is 0. The first-order chi connectivity index (χ1) is 5.56. The van der Waals surface area contributed by atoms with Crippen LogP contribution in [-0.2, 0) is 39.2 Å². The van der Waals surface area contributed by atoms with E-state index in [1.165, 1.54) is 13.2 Å². The molecule has 0 aromatic rings. The molecular formula is C6H10CuN3O2S. The van der Waals surface area contributed by atoms with Gasteiger partial charge in [0.25, 0.3) is 0 Å². The average Bonchev–Trinajstić information content (AvgIpc) is 2.00. The Morgan fingerprint density at radius 2 is 2.23 bits per heavy atom. The van der Waals surface area contributed by atoms with E-state index in [2.05, 4.69) is 27.9 Å². The van der Waals surface area contributed by atoms with Gasteiger partial charge in [-0.2, -0.15) is 5.10 Å². The molecule has 0 fully saturated rings. The summed E-state index contributed by atoms with van der Waals surface area (Å²) in [6.45, 7) is 1.64. The second-order valence-corrected chi connectivity index (χ2v) is 2.33. The van der Waals surface area contributed by atoms with Gasteiger partial charge in [-0.1, -0.05) is 0 Å². The summed E-state index contributed by atoms with van der Waals surface area (Å²) in [5.41, 5.74) is 8.04. The minimum absolute atomic E-state index is 0. The Hall–Kier alpha value is -0.781. The van der Waals surface area contributed by atoms with Crippen molar-refractivity contribution in [3.63, 3.8) is 0 Å². The number of nitrogens with two attached hydrogens (primary N) is 1. The zero-order chi connectivity index (χ0) is 9.56. The first-order valence-electron chi connectivity index (χ1n) is 3.08. The van der Waals surface area contributed by atoms with E-state index in [0.29, 0.717) is 5.70 Å². The molecule has 3 N–H and O–H groups in total. The monoisotopic (exact) mass is 251 g/mol. The van der Waals surface area contributed by atoms with Crippen LogP contribution in [0, 0.1) is 0 Å². The van der Waals surface area contributed by atoms with E-state index < -0.39 is 5.97 Å². The van der Waals surface area contributed by atoms with Crippen LogP contribution in [0.25, 0.3) is 0 Å². The van der Waals surface area contributed by atoms with Gasteiger partial charge in [-0.3, -0.25) is 5.43 Å². The maximum atomic E-state index is 10.6. The minimum Gasteiger partial charge on any atom is -0.741 e. The third-order valence-corrected chi connectivity index (χ3v) is 0.969. The molecule has 0 aliphatic heterocycles. The van der Waals surface area contributed by atoms with Crippen molar-refractivity contribution in [2.45, 2.75) is 6.92 Å². The van der Waals surface area contributed by atoms with Crippen LogP contribution in [0.4, 0.5) is 0 Å². The molecule has 0 aromatic heterocycles. The largest absolute Gasteiger partial charge is 1.00 e. The molecule has 7 heteroatoms. The van der Waals surface area contributed by atoms with Crippen LogP contribution in [0.5, 0.6) is 0 Å². The van der Waals surface area contributed by atoms with Crippen LogP contribution in [0.2, 0.25) is 0 Å². The summed E-state index contributed by atoms with van der Waals surface area (Å²) in [5.74, 6) is -0.460. The number of rotatable bonds is 3. The number of nitrogens with one attached hydrogen (secondary N) is 1. The van der Waals surface area contributed by atoms with Gasteiger partial charge < -0.3 is 23.1 Å². The first-order valence-corrected chi connectivity index (χ1v) is 3.49. The van der Waals surface area contributed by atoms with Gasteiger partial charge in [-0.05, 0) is 12.1 Å². The summed E-state index contributed by atoms with van der Waals surface area (Å²) in [7, 11) is 1.29. The molecule has 0 saturated carbocycles. The van der Waals surface area contributed by atoms with Crippen LogP contribution >= 0.6 is 0 Å². The Morgan fingerprint density at radius 3 is 2.62 bits per heavy atom. The van der Waals surface area contributed by atoms with Gasteiger partial charge in [0.1, 0.15) is 0 Å². The smallest absolute Gasteiger partial charge is 0.741 e. The number of methoxy groups -OCH3 is 1. The number of amidine groups is 1. The second-order valence-electron chi connectivity index (χ2n) is 1.91. The SMILES string of the molecule is COC(=O)/C=C(/C)N/N=C(/N)[S-].[Cu+]. The Kier molecular flexibility index (Phi) is 8.89. The predicted octanol–water partition coefficient (Wildman–Crippen LogP) is -0.573. The zero-order valence-corrected chi connectivity index (χ0v) is 8.89. The molecule has 0 spiro atoms. The molecule has 0 aliphatic rings. The second kappa shape index (κ2) is 7.85. The fourth-order valence-corrected chi connectivity index (χ4v) is 0.457. The van der Waals surface area contributed by atoms with E-state index in [-0.39, 0.29) is 22.2 Å². The maximum Gasteiger partial charge on any atom is 1.00 e. The molecule has 78 valence electrons. The van der Waals surface area contributed by atoms with Gasteiger partial charge in [0.2, 0.25) is 0 Å². The Labute approximate surface area is 92.7 Å². The quantitative estimate of drug-likeness (QED) is 0.134. The fourth-order valence-electron chi connectivity index (χ4n) is 0.411. The van der Waals surface area contributed by atoms with E-state index in [1.54, 1.807) is 6.92 Å². The summed E-state index contributed by atoms with van der Waals surface area (Å²) in [6.07, 6.45) is 1.24. The van der Waals surface area contributed by atoms with Crippen molar-refractivity contribution in [3.05, 3.63) is 11.8 Å². The third kappa shape index (κ3) is 9.13. The maximum absolute atomic E-state index is 10.6. The standard InChI is InChI=1S/C6H11N3O2S.Cu/c1-4(3-5(10)11-2)8-9-6(7)12;/h3,8H,1-2H3,(H3,7,9,12);/q;+1/p-1/b4-3-;. The van der Waals surface area contributed by atoms with Crippen LogP contribution in [0.15, 0.2) is 16.9 Å². The van der Waals surface area contributed by atoms with Gasteiger partial charge in [0, 0.05) is 11.8 Å². The molecular weight excluding hydrogens is 242 g/mol. The number of carbonyl (C=O) groups excluding carboxylic acids is 1. The van der Waals surface area contributed by atoms with Crippen molar-refractivity contribution in [2.24, 2.45) is 10.8 Å². The van der Waals surface area contributed by atoms with E-state index in [1.807, 2.05) is 0 Å². The van der Waals surface area contributed by atoms with Crippen molar-refractivity contribution in [1.82, 2.24) is 5.43 Å². The number of ether oxygens (including phenoxy) is 1. The predicted molar refractivity (Wildman–Crippen MR) is 47.9 cm³/mol. The van der Waals surface area contributed by atoms with E-state index in [4.69, 9.17) is 5.73 Å². The summed E-state index contributed by atoms with van der Waals surface area (Å²) in [4.78, 5) is 10.6. The fraction of sp³-hybridized carbons (Fsp3) is 0.333. The van der Waals surface area contributed by atoms with Crippen molar-refractivity contribution in [3.8, 4) is 0 Å². The van der Waals surface area contributed by atoms with Crippen LogP contribution in [-0.4, -0.2) is 18.2 Å². The first kappa shape index (κ1) is 14.7. The summed E-state index contributed by atoms with van der Waals surface area (Å²) in [5, 5.41) is 3.47. The normalized spacial score (nSPS) is 11.5. The van der Waals surface area contributed by atoms with Crippen molar-refractivity contribution >= 4 is 23.8 Å². The van der Waals surface area contributed by atoms with Crippen molar-refractivity contribution < 1.29 is 26.6 Å². The number of nitrogens with zero attached hydrogens (tertiary/aromatic N) is 1. The number of hydrogen-bond donors (Lipinski definition) is 2. The average molecular weight is 252 g/mol. The van der Waals surface area contributed by atoms with E-state index in [9.17, 15) is 4.79 Å². The molecule has 0 atom stereocenters. The molecule has 0 heterocycles. The molecule has 13 heavy (non-hydrogen) atoms. The van der Waals surface area contributed by atoms with Crippen LogP contribution in [0.3, 0.4) is 0 Å². The molecule has 0 rings (SSSR count). The van der Waals surface area contributed by atoms with E-state index in [0.717, 1.165) is 0 Å². The van der Waals surface area contributed by atoms with Gasteiger partial charge in [-0.15, -0.1) is 0 Å². The topological polar surface area (TPSA) is 76.7 Å². The van der Waals surface area contributed by atoms with Crippen LogP contribution in [0.1, 0.15) is 6.92 Å². The number of hydrogen-bond acceptors (Lipinski definition) is 5. The molecule has 0 radical (unpaired) electrons. The molecule has 5 nitrogen and oxygen atoms in total. The van der Waals surface area contributed by atoms with Crippen molar-refractivity contribution in [2.75, 3.05) is 7.11 Å². The number of hydrazone groups is 1. The molecule has 0 aromatic carbocycles. The molecule has 0 bridgehead atoms. The Bertz CT molecular complexity index is 226. The van der Waals surface area contributed by atoms with Gasteiger partial charge >= 0.3 is 23.0 Å². The number of allylic oxidation sites excluding steroid dienone is 1. The molecule has 0 saturated heterocycles. The van der Waals surface area contributed by atoms with Crippen molar-refractivity contribution in [1.29, 1.82) is 0 Å². The minimum atomic E-state index is -0.460. The molecule has 0 amide bonds. The third-order valence-electron chi connectivity index (χ3n) is 0.878. The molecule has 0 unspecified atom stereocenters. The van der Waals surface area contributed by atoms with Gasteiger partial charge in [0.05, 0.1) is 7.11 Å². The number of esters is 1. The Morgan fingerprint density at radius 1 is 1.69 bits per heavy atom. The van der Waals surface area contributed by atoms with Crippen LogP contribution < -0.4 is 11.2 Å². The summed E-state index contributed by atoms with van der Waals surface area (Å²) in [6, 6.07) is 0. The van der Waals surface area contributed by atoms with Gasteiger partial charge in [-0.25, -0.2) is 4.79 Å². The zero-order valence-electron chi connectivity index (χ0n) is 7.13. The van der Waals surface area contributed by atoms with Gasteiger partial charge in [0.15, 0.2) is 0 Å². The number of carbonyl (C=O) groups is 1. The van der Waals surface area contributed by atoms with E-state index >= 15 is 0 Å². The summed E-state index contributed by atoms with van der Waals surface area (Å²) >= 11 is 4.46.